The Labute approximate surface area is 198 Å². The first-order valence-corrected chi connectivity index (χ1v) is 10.9. The summed E-state index contributed by atoms with van der Waals surface area (Å²) in [6.07, 6.45) is 0. The Kier molecular flexibility index (Phi) is 6.50. The van der Waals surface area contributed by atoms with E-state index in [0.29, 0.717) is 21.2 Å². The molecular weight excluding hydrogens is 439 g/mol. The molecule has 0 saturated carbocycles. The van der Waals surface area contributed by atoms with E-state index in [1.807, 2.05) is 121 Å². The molecule has 0 fully saturated rings. The Morgan fingerprint density at radius 3 is 1.50 bits per heavy atom. The van der Waals surface area contributed by atoms with Crippen molar-refractivity contribution < 1.29 is 4.79 Å². The van der Waals surface area contributed by atoms with E-state index in [1.165, 1.54) is 0 Å². The molecule has 0 amide bonds. The van der Waals surface area contributed by atoms with Crippen molar-refractivity contribution in [2.75, 3.05) is 23.9 Å². The molecule has 4 aromatic rings. The molecule has 0 saturated heterocycles. The van der Waals surface area contributed by atoms with E-state index in [9.17, 15) is 4.79 Å². The second-order valence-corrected chi connectivity index (χ2v) is 8.37. The normalized spacial score (nSPS) is 10.6. The third kappa shape index (κ3) is 4.80. The lowest BCUT2D eigenvalue weighted by Gasteiger charge is -2.20. The molecule has 0 radical (unpaired) electrons. The molecule has 0 atom stereocenters. The number of benzene rings is 4. The van der Waals surface area contributed by atoms with E-state index in [4.69, 9.17) is 23.2 Å². The second-order valence-electron chi connectivity index (χ2n) is 7.50. The Morgan fingerprint density at radius 1 is 0.562 bits per heavy atom. The van der Waals surface area contributed by atoms with Crippen LogP contribution in [0.15, 0.2) is 97.1 Å². The second kappa shape index (κ2) is 9.47. The van der Waals surface area contributed by atoms with Crippen LogP contribution in [0.4, 0.5) is 22.7 Å². The zero-order chi connectivity index (χ0) is 22.7. The number of anilines is 4. The Morgan fingerprint density at radius 2 is 1.00 bits per heavy atom. The van der Waals surface area contributed by atoms with Crippen molar-refractivity contribution >= 4 is 51.7 Å². The molecule has 32 heavy (non-hydrogen) atoms. The average Bonchev–Trinajstić information content (AvgIpc) is 2.84. The minimum Gasteiger partial charge on any atom is -0.345 e. The van der Waals surface area contributed by atoms with Crippen molar-refractivity contribution in [3.63, 3.8) is 0 Å². The first kappa shape index (κ1) is 21.9. The number of hydrogen-bond acceptors (Lipinski definition) is 3. The van der Waals surface area contributed by atoms with E-state index in [1.54, 1.807) is 0 Å². The van der Waals surface area contributed by atoms with Gasteiger partial charge in [-0.2, -0.15) is 0 Å². The zero-order valence-corrected chi connectivity index (χ0v) is 19.3. The summed E-state index contributed by atoms with van der Waals surface area (Å²) >= 11 is 12.0. The molecular formula is C27H22Cl2N2O. The van der Waals surface area contributed by atoms with Crippen molar-refractivity contribution in [3.8, 4) is 0 Å². The molecule has 0 bridgehead atoms. The van der Waals surface area contributed by atoms with Crippen LogP contribution in [-0.2, 0) is 0 Å². The maximum absolute atomic E-state index is 13.1. The summed E-state index contributed by atoms with van der Waals surface area (Å²) in [4.78, 5) is 17.2. The molecule has 5 heteroatoms. The Balaban J connectivity index is 1.53. The van der Waals surface area contributed by atoms with Gasteiger partial charge in [0.1, 0.15) is 0 Å². The Hall–Kier alpha value is -3.27. The fourth-order valence-corrected chi connectivity index (χ4v) is 3.74. The zero-order valence-electron chi connectivity index (χ0n) is 17.8. The van der Waals surface area contributed by atoms with Gasteiger partial charge in [-0.25, -0.2) is 0 Å². The van der Waals surface area contributed by atoms with Gasteiger partial charge in [-0.1, -0.05) is 35.3 Å². The quantitative estimate of drug-likeness (QED) is 0.274. The number of carbonyl (C=O) groups is 1. The van der Waals surface area contributed by atoms with Crippen molar-refractivity contribution in [1.82, 2.24) is 0 Å². The number of carbonyl (C=O) groups excluding carboxylic acids is 1. The van der Waals surface area contributed by atoms with Gasteiger partial charge in [0.15, 0.2) is 5.78 Å². The van der Waals surface area contributed by atoms with Crippen LogP contribution >= 0.6 is 23.2 Å². The van der Waals surface area contributed by atoms with Crippen LogP contribution in [0, 0.1) is 0 Å². The highest BCUT2D eigenvalue weighted by atomic mass is 35.5. The maximum Gasteiger partial charge on any atom is 0.193 e. The first-order chi connectivity index (χ1) is 15.4. The molecule has 0 aliphatic heterocycles. The summed E-state index contributed by atoms with van der Waals surface area (Å²) < 4.78 is 0. The van der Waals surface area contributed by atoms with Gasteiger partial charge in [0, 0.05) is 58.0 Å². The summed E-state index contributed by atoms with van der Waals surface area (Å²) in [6, 6.07) is 30.5. The van der Waals surface area contributed by atoms with Crippen LogP contribution in [0.3, 0.4) is 0 Å². The molecule has 0 aliphatic carbocycles. The van der Waals surface area contributed by atoms with Crippen LogP contribution in [-0.4, -0.2) is 19.9 Å². The van der Waals surface area contributed by atoms with Crippen LogP contribution < -0.4 is 9.80 Å². The predicted octanol–water partition coefficient (Wildman–Crippen LogP) is 7.76. The molecule has 3 nitrogen and oxygen atoms in total. The highest BCUT2D eigenvalue weighted by molar-refractivity contribution is 6.30. The molecule has 0 aliphatic rings. The van der Waals surface area contributed by atoms with Crippen molar-refractivity contribution in [1.29, 1.82) is 0 Å². The number of ketones is 1. The van der Waals surface area contributed by atoms with Crippen molar-refractivity contribution in [2.24, 2.45) is 0 Å². The van der Waals surface area contributed by atoms with Crippen molar-refractivity contribution in [3.05, 3.63) is 118 Å². The Bertz CT molecular complexity index is 1220. The van der Waals surface area contributed by atoms with Crippen LogP contribution in [0.2, 0.25) is 10.0 Å². The fourth-order valence-electron chi connectivity index (χ4n) is 3.49. The summed E-state index contributed by atoms with van der Waals surface area (Å²) in [5, 5.41) is 1.39. The third-order valence-electron chi connectivity index (χ3n) is 5.44. The van der Waals surface area contributed by atoms with E-state index in [-0.39, 0.29) is 5.78 Å². The van der Waals surface area contributed by atoms with E-state index < -0.39 is 0 Å². The van der Waals surface area contributed by atoms with Gasteiger partial charge in [0.25, 0.3) is 0 Å². The molecule has 4 aromatic carbocycles. The standard InChI is InChI=1S/C27H22Cl2N2O/c1-30(24-14-8-21(28)9-15-24)23-12-6-19(7-13-23)27(32)20-4-3-5-26(18-20)31(2)25-16-10-22(29)11-17-25/h3-18H,1-2H3. The van der Waals surface area contributed by atoms with E-state index >= 15 is 0 Å². The summed E-state index contributed by atoms with van der Waals surface area (Å²) in [5.74, 6) is -0.0166. The SMILES string of the molecule is CN(c1ccc(Cl)cc1)c1ccc(C(=O)c2cccc(N(C)c3ccc(Cl)cc3)c2)cc1. The molecule has 0 unspecified atom stereocenters. The average molecular weight is 461 g/mol. The lowest BCUT2D eigenvalue weighted by atomic mass is 10.0. The predicted molar refractivity (Wildman–Crippen MR) is 135 cm³/mol. The van der Waals surface area contributed by atoms with Crippen LogP contribution in [0.5, 0.6) is 0 Å². The van der Waals surface area contributed by atoms with Gasteiger partial charge in [-0.05, 0) is 84.9 Å². The molecule has 0 heterocycles. The molecule has 0 N–H and O–H groups in total. The topological polar surface area (TPSA) is 23.6 Å². The molecule has 0 spiro atoms. The lowest BCUT2D eigenvalue weighted by molar-refractivity contribution is 0.103. The first-order valence-electron chi connectivity index (χ1n) is 10.2. The molecule has 160 valence electrons. The van der Waals surface area contributed by atoms with E-state index in [0.717, 1.165) is 22.7 Å². The minimum absolute atomic E-state index is 0.0166. The summed E-state index contributed by atoms with van der Waals surface area (Å²) in [5.41, 5.74) is 5.21. The van der Waals surface area contributed by atoms with Crippen molar-refractivity contribution in [2.45, 2.75) is 0 Å². The fraction of sp³-hybridized carbons (Fsp3) is 0.0741. The number of rotatable bonds is 6. The van der Waals surface area contributed by atoms with Gasteiger partial charge in [0.05, 0.1) is 0 Å². The highest BCUT2D eigenvalue weighted by Crippen LogP contribution is 2.28. The van der Waals surface area contributed by atoms with Gasteiger partial charge in [0.2, 0.25) is 0 Å². The highest BCUT2D eigenvalue weighted by Gasteiger charge is 2.13. The monoisotopic (exact) mass is 460 g/mol. The smallest absolute Gasteiger partial charge is 0.193 e. The lowest BCUT2D eigenvalue weighted by Crippen LogP contribution is -2.11. The number of nitrogens with zero attached hydrogens (tertiary/aromatic N) is 2. The van der Waals surface area contributed by atoms with Gasteiger partial charge in [-0.3, -0.25) is 4.79 Å². The number of hydrogen-bond donors (Lipinski definition) is 0. The summed E-state index contributed by atoms with van der Waals surface area (Å²) in [7, 11) is 3.95. The summed E-state index contributed by atoms with van der Waals surface area (Å²) in [6.45, 7) is 0. The van der Waals surface area contributed by atoms with Crippen LogP contribution in [0.1, 0.15) is 15.9 Å². The molecule has 4 rings (SSSR count). The maximum atomic E-state index is 13.1. The van der Waals surface area contributed by atoms with E-state index in [2.05, 4.69) is 0 Å². The molecule has 0 aromatic heterocycles. The number of halogens is 2. The van der Waals surface area contributed by atoms with Gasteiger partial charge < -0.3 is 9.80 Å². The largest absolute Gasteiger partial charge is 0.345 e. The minimum atomic E-state index is -0.0166. The van der Waals surface area contributed by atoms with Crippen LogP contribution in [0.25, 0.3) is 0 Å². The third-order valence-corrected chi connectivity index (χ3v) is 5.94. The van der Waals surface area contributed by atoms with Gasteiger partial charge in [-0.15, -0.1) is 0 Å². The van der Waals surface area contributed by atoms with Gasteiger partial charge >= 0.3 is 0 Å².